The summed E-state index contributed by atoms with van der Waals surface area (Å²) in [5, 5.41) is 12.8. The van der Waals surface area contributed by atoms with E-state index >= 15 is 0 Å². The van der Waals surface area contributed by atoms with Crippen LogP contribution in [0.1, 0.15) is 19.8 Å². The predicted octanol–water partition coefficient (Wildman–Crippen LogP) is 2.06. The Morgan fingerprint density at radius 1 is 1.20 bits per heavy atom. The monoisotopic (exact) mass is 346 g/mol. The number of carbonyl (C=O) groups excluding carboxylic acids is 1. The van der Waals surface area contributed by atoms with Crippen LogP contribution in [0.3, 0.4) is 0 Å². The summed E-state index contributed by atoms with van der Waals surface area (Å²) in [6.07, 6.45) is 2.05. The lowest BCUT2D eigenvalue weighted by atomic mass is 9.91. The number of benzene rings is 1. The van der Waals surface area contributed by atoms with Gasteiger partial charge in [0.1, 0.15) is 0 Å². The van der Waals surface area contributed by atoms with Crippen molar-refractivity contribution >= 4 is 17.4 Å². The summed E-state index contributed by atoms with van der Waals surface area (Å²) in [6, 6.07) is 7.81. The molecule has 25 heavy (non-hydrogen) atoms. The van der Waals surface area contributed by atoms with Crippen LogP contribution >= 0.6 is 0 Å². The molecule has 0 bridgehead atoms. The van der Waals surface area contributed by atoms with Crippen LogP contribution in [-0.4, -0.2) is 73.4 Å². The van der Waals surface area contributed by atoms with Gasteiger partial charge in [-0.3, -0.25) is 0 Å². The molecular weight excluding hydrogens is 316 g/mol. The Balaban J connectivity index is 1.73. The van der Waals surface area contributed by atoms with Gasteiger partial charge < -0.3 is 25.1 Å². The van der Waals surface area contributed by atoms with Gasteiger partial charge in [0, 0.05) is 32.7 Å². The number of hydrogen-bond acceptors (Lipinski definition) is 4. The summed E-state index contributed by atoms with van der Waals surface area (Å²) in [5.41, 5.74) is 1.93. The maximum atomic E-state index is 12.8. The molecule has 2 fully saturated rings. The van der Waals surface area contributed by atoms with Crippen LogP contribution in [0.25, 0.3) is 0 Å². The van der Waals surface area contributed by atoms with Gasteiger partial charge in [-0.15, -0.1) is 0 Å². The third-order valence-corrected chi connectivity index (χ3v) is 5.55. The molecule has 0 saturated carbocycles. The summed E-state index contributed by atoms with van der Waals surface area (Å²) in [4.78, 5) is 19.3. The van der Waals surface area contributed by atoms with Gasteiger partial charge in [-0.25, -0.2) is 4.79 Å². The number of likely N-dealkylation sites (N-methyl/N-ethyl adjacent to an activating group) is 1. The fraction of sp³-hybridized carbons (Fsp3) is 0.632. The SMILES string of the molecule is C[C@H]1CCCN(C(=O)Nc2ccccc2N2CCN(C)CC2)[C@@H]1CO. The molecule has 2 saturated heterocycles. The Morgan fingerprint density at radius 2 is 1.92 bits per heavy atom. The summed E-state index contributed by atoms with van der Waals surface area (Å²) >= 11 is 0. The first-order chi connectivity index (χ1) is 12.1. The summed E-state index contributed by atoms with van der Waals surface area (Å²) in [5.74, 6) is 0.331. The van der Waals surface area contributed by atoms with Crippen molar-refractivity contribution < 1.29 is 9.90 Å². The third kappa shape index (κ3) is 4.07. The molecule has 138 valence electrons. The van der Waals surface area contributed by atoms with Crippen LogP contribution in [0, 0.1) is 5.92 Å². The van der Waals surface area contributed by atoms with Crippen molar-refractivity contribution in [1.29, 1.82) is 0 Å². The lowest BCUT2D eigenvalue weighted by Gasteiger charge is -2.39. The van der Waals surface area contributed by atoms with Crippen LogP contribution < -0.4 is 10.2 Å². The van der Waals surface area contributed by atoms with Crippen molar-refractivity contribution in [3.05, 3.63) is 24.3 Å². The zero-order valence-corrected chi connectivity index (χ0v) is 15.3. The third-order valence-electron chi connectivity index (χ3n) is 5.55. The van der Waals surface area contributed by atoms with E-state index in [1.807, 2.05) is 18.2 Å². The molecule has 0 radical (unpaired) electrons. The molecule has 0 aliphatic carbocycles. The van der Waals surface area contributed by atoms with Crippen LogP contribution in [0.5, 0.6) is 0 Å². The molecule has 2 N–H and O–H groups in total. The molecule has 2 aliphatic heterocycles. The number of aliphatic hydroxyl groups excluding tert-OH is 1. The van der Waals surface area contributed by atoms with Crippen molar-refractivity contribution in [2.45, 2.75) is 25.8 Å². The lowest BCUT2D eigenvalue weighted by molar-refractivity contribution is 0.0811. The van der Waals surface area contributed by atoms with Gasteiger partial charge in [0.05, 0.1) is 24.0 Å². The number of amides is 2. The van der Waals surface area contributed by atoms with Crippen molar-refractivity contribution in [3.63, 3.8) is 0 Å². The van der Waals surface area contributed by atoms with E-state index in [9.17, 15) is 9.90 Å². The molecule has 2 heterocycles. The molecular formula is C19H30N4O2. The van der Waals surface area contributed by atoms with E-state index < -0.39 is 0 Å². The fourth-order valence-electron chi connectivity index (χ4n) is 3.87. The van der Waals surface area contributed by atoms with E-state index in [1.54, 1.807) is 4.90 Å². The average molecular weight is 346 g/mol. The van der Waals surface area contributed by atoms with E-state index in [0.717, 1.165) is 50.4 Å². The van der Waals surface area contributed by atoms with Crippen LogP contribution in [0.15, 0.2) is 24.3 Å². The number of nitrogens with one attached hydrogen (secondary N) is 1. The number of piperazine rings is 1. The van der Waals surface area contributed by atoms with E-state index in [2.05, 4.69) is 35.2 Å². The number of likely N-dealkylation sites (tertiary alicyclic amines) is 1. The van der Waals surface area contributed by atoms with Crippen LogP contribution in [0.4, 0.5) is 16.2 Å². The summed E-state index contributed by atoms with van der Waals surface area (Å²) < 4.78 is 0. The zero-order chi connectivity index (χ0) is 17.8. The molecule has 1 aromatic rings. The number of nitrogens with zero attached hydrogens (tertiary/aromatic N) is 3. The van der Waals surface area contributed by atoms with Gasteiger partial charge in [0.2, 0.25) is 0 Å². The lowest BCUT2D eigenvalue weighted by Crippen LogP contribution is -2.51. The number of para-hydroxylation sites is 2. The molecule has 2 amide bonds. The largest absolute Gasteiger partial charge is 0.394 e. The van der Waals surface area contributed by atoms with E-state index in [0.29, 0.717) is 12.5 Å². The maximum Gasteiger partial charge on any atom is 0.322 e. The number of hydrogen-bond donors (Lipinski definition) is 2. The number of urea groups is 1. The first-order valence-electron chi connectivity index (χ1n) is 9.31. The number of aliphatic hydroxyl groups is 1. The summed E-state index contributed by atoms with van der Waals surface area (Å²) in [7, 11) is 2.14. The minimum atomic E-state index is -0.104. The number of rotatable bonds is 3. The normalized spacial score (nSPS) is 25.1. The Morgan fingerprint density at radius 3 is 2.64 bits per heavy atom. The predicted molar refractivity (Wildman–Crippen MR) is 101 cm³/mol. The molecule has 0 aromatic heterocycles. The molecule has 2 aliphatic rings. The highest BCUT2D eigenvalue weighted by atomic mass is 16.3. The highest BCUT2D eigenvalue weighted by molar-refractivity contribution is 5.93. The van der Waals surface area contributed by atoms with Crippen molar-refractivity contribution in [2.24, 2.45) is 5.92 Å². The number of piperidine rings is 1. The standard InChI is InChI=1S/C19H30N4O2/c1-15-6-5-9-23(18(15)14-24)19(25)20-16-7-3-4-8-17(16)22-12-10-21(2)11-13-22/h3-4,7-8,15,18,24H,5-6,9-14H2,1-2H3,(H,20,25)/t15-,18+/m0/s1. The van der Waals surface area contributed by atoms with Gasteiger partial charge in [-0.1, -0.05) is 19.1 Å². The van der Waals surface area contributed by atoms with Gasteiger partial charge >= 0.3 is 6.03 Å². The maximum absolute atomic E-state index is 12.8. The second-order valence-electron chi connectivity index (χ2n) is 7.30. The molecule has 1 aromatic carbocycles. The van der Waals surface area contributed by atoms with Gasteiger partial charge in [0.15, 0.2) is 0 Å². The topological polar surface area (TPSA) is 59.1 Å². The zero-order valence-electron chi connectivity index (χ0n) is 15.3. The second-order valence-corrected chi connectivity index (χ2v) is 7.30. The van der Waals surface area contributed by atoms with E-state index in [1.165, 1.54) is 0 Å². The molecule has 6 nitrogen and oxygen atoms in total. The summed E-state index contributed by atoms with van der Waals surface area (Å²) in [6.45, 7) is 6.81. The molecule has 3 rings (SSSR count). The van der Waals surface area contributed by atoms with Gasteiger partial charge in [0.25, 0.3) is 0 Å². The molecule has 0 spiro atoms. The quantitative estimate of drug-likeness (QED) is 0.880. The van der Waals surface area contributed by atoms with Gasteiger partial charge in [-0.2, -0.15) is 0 Å². The van der Waals surface area contributed by atoms with Crippen LogP contribution in [-0.2, 0) is 0 Å². The van der Waals surface area contributed by atoms with E-state index in [-0.39, 0.29) is 18.7 Å². The smallest absolute Gasteiger partial charge is 0.322 e. The Kier molecular flexibility index (Phi) is 5.81. The van der Waals surface area contributed by atoms with Crippen LogP contribution in [0.2, 0.25) is 0 Å². The Labute approximate surface area is 150 Å². The first kappa shape index (κ1) is 18.0. The minimum Gasteiger partial charge on any atom is -0.394 e. The Bertz CT molecular complexity index is 587. The highest BCUT2D eigenvalue weighted by Crippen LogP contribution is 2.28. The van der Waals surface area contributed by atoms with Crippen molar-refractivity contribution in [3.8, 4) is 0 Å². The van der Waals surface area contributed by atoms with Gasteiger partial charge in [-0.05, 0) is 37.9 Å². The van der Waals surface area contributed by atoms with E-state index in [4.69, 9.17) is 0 Å². The molecule has 6 heteroatoms. The number of anilines is 2. The number of carbonyl (C=O) groups is 1. The Hall–Kier alpha value is -1.79. The fourth-order valence-corrected chi connectivity index (χ4v) is 3.87. The average Bonchev–Trinajstić information content (AvgIpc) is 2.62. The highest BCUT2D eigenvalue weighted by Gasteiger charge is 2.31. The molecule has 0 unspecified atom stereocenters. The second kappa shape index (κ2) is 8.06. The van der Waals surface area contributed by atoms with Crippen molar-refractivity contribution in [1.82, 2.24) is 9.80 Å². The molecule has 2 atom stereocenters. The van der Waals surface area contributed by atoms with Crippen molar-refractivity contribution in [2.75, 3.05) is 56.6 Å². The first-order valence-corrected chi connectivity index (χ1v) is 9.31. The minimum absolute atomic E-state index is 0.0225.